The SMILES string of the molecule is O=C(O)C1CCN(C2CC(=O)N(c3ccc(Br)cc3)C2=O)CC1. The van der Waals surface area contributed by atoms with Gasteiger partial charge >= 0.3 is 5.97 Å². The zero-order valence-corrected chi connectivity index (χ0v) is 14.0. The van der Waals surface area contributed by atoms with Gasteiger partial charge in [-0.15, -0.1) is 0 Å². The smallest absolute Gasteiger partial charge is 0.306 e. The van der Waals surface area contributed by atoms with Gasteiger partial charge in [0.05, 0.1) is 24.1 Å². The lowest BCUT2D eigenvalue weighted by Crippen LogP contribution is -2.46. The fourth-order valence-corrected chi connectivity index (χ4v) is 3.49. The number of carboxylic acid groups (broad SMARTS) is 1. The van der Waals surface area contributed by atoms with Crippen molar-refractivity contribution in [1.82, 2.24) is 4.90 Å². The van der Waals surface area contributed by atoms with Crippen LogP contribution in [-0.2, 0) is 14.4 Å². The number of nitrogens with zero attached hydrogens (tertiary/aromatic N) is 2. The molecule has 1 aromatic rings. The second kappa shape index (κ2) is 6.41. The van der Waals surface area contributed by atoms with Gasteiger partial charge in [-0.2, -0.15) is 0 Å². The molecule has 2 aliphatic rings. The lowest BCUT2D eigenvalue weighted by Gasteiger charge is -2.33. The number of piperidine rings is 1. The third-order valence-electron chi connectivity index (χ3n) is 4.53. The summed E-state index contributed by atoms with van der Waals surface area (Å²) in [5.74, 6) is -1.55. The van der Waals surface area contributed by atoms with Crippen molar-refractivity contribution in [3.05, 3.63) is 28.7 Å². The molecule has 2 amide bonds. The molecule has 0 aliphatic carbocycles. The number of halogens is 1. The number of benzene rings is 1. The highest BCUT2D eigenvalue weighted by Crippen LogP contribution is 2.29. The van der Waals surface area contributed by atoms with Gasteiger partial charge in [-0.1, -0.05) is 15.9 Å². The third kappa shape index (κ3) is 3.16. The first-order chi connectivity index (χ1) is 11.0. The first-order valence-corrected chi connectivity index (χ1v) is 8.36. The van der Waals surface area contributed by atoms with Crippen molar-refractivity contribution >= 4 is 39.4 Å². The van der Waals surface area contributed by atoms with Crippen LogP contribution in [0.1, 0.15) is 19.3 Å². The number of carbonyl (C=O) groups excluding carboxylic acids is 2. The van der Waals surface area contributed by atoms with Crippen LogP contribution in [0.2, 0.25) is 0 Å². The van der Waals surface area contributed by atoms with Crippen LogP contribution in [0.5, 0.6) is 0 Å². The fourth-order valence-electron chi connectivity index (χ4n) is 3.22. The van der Waals surface area contributed by atoms with Crippen molar-refractivity contribution in [2.75, 3.05) is 18.0 Å². The molecule has 1 atom stereocenters. The maximum absolute atomic E-state index is 12.7. The van der Waals surface area contributed by atoms with E-state index in [0.717, 1.165) is 4.47 Å². The van der Waals surface area contributed by atoms with Crippen LogP contribution in [0.3, 0.4) is 0 Å². The lowest BCUT2D eigenvalue weighted by atomic mass is 9.96. The molecule has 23 heavy (non-hydrogen) atoms. The van der Waals surface area contributed by atoms with Gasteiger partial charge in [0.15, 0.2) is 0 Å². The Balaban J connectivity index is 1.72. The van der Waals surface area contributed by atoms with Crippen LogP contribution in [0, 0.1) is 5.92 Å². The number of likely N-dealkylation sites (tertiary alicyclic amines) is 1. The monoisotopic (exact) mass is 380 g/mol. The van der Waals surface area contributed by atoms with Gasteiger partial charge in [0, 0.05) is 4.47 Å². The molecule has 6 nitrogen and oxygen atoms in total. The highest BCUT2D eigenvalue weighted by atomic mass is 79.9. The summed E-state index contributed by atoms with van der Waals surface area (Å²) >= 11 is 3.33. The molecule has 2 heterocycles. The summed E-state index contributed by atoms with van der Waals surface area (Å²) in [6.07, 6.45) is 1.20. The number of carboxylic acids is 1. The normalized spacial score (nSPS) is 23.5. The van der Waals surface area contributed by atoms with Crippen LogP contribution in [0.25, 0.3) is 0 Å². The van der Waals surface area contributed by atoms with Crippen molar-refractivity contribution in [2.24, 2.45) is 5.92 Å². The Morgan fingerprint density at radius 2 is 1.74 bits per heavy atom. The molecule has 0 aromatic heterocycles. The highest BCUT2D eigenvalue weighted by Gasteiger charge is 2.43. The largest absolute Gasteiger partial charge is 0.481 e. The number of imide groups is 1. The van der Waals surface area contributed by atoms with Gasteiger partial charge in [0.25, 0.3) is 5.91 Å². The van der Waals surface area contributed by atoms with Gasteiger partial charge in [-0.3, -0.25) is 19.3 Å². The zero-order chi connectivity index (χ0) is 16.6. The second-order valence-corrected chi connectivity index (χ2v) is 6.83. The Morgan fingerprint density at radius 3 is 2.30 bits per heavy atom. The number of amides is 2. The molecule has 0 spiro atoms. The predicted octanol–water partition coefficient (Wildman–Crippen LogP) is 1.88. The van der Waals surface area contributed by atoms with Gasteiger partial charge in [-0.25, -0.2) is 4.90 Å². The van der Waals surface area contributed by atoms with Gasteiger partial charge in [-0.05, 0) is 50.2 Å². The topological polar surface area (TPSA) is 77.9 Å². The molecule has 1 N–H and O–H groups in total. The third-order valence-corrected chi connectivity index (χ3v) is 5.06. The van der Waals surface area contributed by atoms with Crippen molar-refractivity contribution in [3.8, 4) is 0 Å². The molecule has 0 bridgehead atoms. The first-order valence-electron chi connectivity index (χ1n) is 7.56. The van der Waals surface area contributed by atoms with Gasteiger partial charge in [0.2, 0.25) is 5.91 Å². The van der Waals surface area contributed by atoms with E-state index in [1.54, 1.807) is 24.3 Å². The quantitative estimate of drug-likeness (QED) is 0.809. The average molecular weight is 381 g/mol. The van der Waals surface area contributed by atoms with Gasteiger partial charge < -0.3 is 5.11 Å². The number of anilines is 1. The standard InChI is InChI=1S/C16H17BrN2O4/c17-11-1-3-12(4-2-11)19-14(20)9-13(15(19)21)18-7-5-10(6-8-18)16(22)23/h1-4,10,13H,5-9H2,(H,22,23). The van der Waals surface area contributed by atoms with Crippen molar-refractivity contribution in [1.29, 1.82) is 0 Å². The maximum Gasteiger partial charge on any atom is 0.306 e. The maximum atomic E-state index is 12.7. The summed E-state index contributed by atoms with van der Waals surface area (Å²) in [6, 6.07) is 6.59. The van der Waals surface area contributed by atoms with E-state index in [4.69, 9.17) is 5.11 Å². The van der Waals surface area contributed by atoms with E-state index in [9.17, 15) is 14.4 Å². The van der Waals surface area contributed by atoms with Crippen LogP contribution < -0.4 is 4.90 Å². The molecule has 2 saturated heterocycles. The first kappa shape index (κ1) is 16.1. The van der Waals surface area contributed by atoms with Crippen LogP contribution >= 0.6 is 15.9 Å². The number of hydrogen-bond donors (Lipinski definition) is 1. The molecule has 1 aromatic carbocycles. The number of rotatable bonds is 3. The Hall–Kier alpha value is -1.73. The minimum Gasteiger partial charge on any atom is -0.481 e. The minimum absolute atomic E-state index is 0.159. The highest BCUT2D eigenvalue weighted by molar-refractivity contribution is 9.10. The Bertz CT molecular complexity index is 638. The molecule has 2 aliphatic heterocycles. The second-order valence-electron chi connectivity index (χ2n) is 5.91. The molecule has 1 unspecified atom stereocenters. The number of hydrogen-bond acceptors (Lipinski definition) is 4. The summed E-state index contributed by atoms with van der Waals surface area (Å²) < 4.78 is 0.882. The predicted molar refractivity (Wildman–Crippen MR) is 87.0 cm³/mol. The van der Waals surface area contributed by atoms with Crippen molar-refractivity contribution < 1.29 is 19.5 Å². The summed E-state index contributed by atoms with van der Waals surface area (Å²) in [7, 11) is 0. The average Bonchev–Trinajstić information content (AvgIpc) is 2.83. The molecule has 7 heteroatoms. The summed E-state index contributed by atoms with van der Waals surface area (Å²) in [4.78, 5) is 39.1. The van der Waals surface area contributed by atoms with E-state index < -0.39 is 12.0 Å². The summed E-state index contributed by atoms with van der Waals surface area (Å²) in [5, 5.41) is 9.05. The van der Waals surface area contributed by atoms with E-state index in [0.29, 0.717) is 31.6 Å². The van der Waals surface area contributed by atoms with Crippen LogP contribution in [0.4, 0.5) is 5.69 Å². The van der Waals surface area contributed by atoms with Gasteiger partial charge in [0.1, 0.15) is 0 Å². The van der Waals surface area contributed by atoms with E-state index in [1.165, 1.54) is 4.90 Å². The Labute approximate surface area is 142 Å². The number of aliphatic carboxylic acids is 1. The van der Waals surface area contributed by atoms with Crippen molar-refractivity contribution in [3.63, 3.8) is 0 Å². The molecule has 0 radical (unpaired) electrons. The summed E-state index contributed by atoms with van der Waals surface area (Å²) in [6.45, 7) is 1.07. The molecule has 122 valence electrons. The molecule has 3 rings (SSSR count). The molecule has 2 fully saturated rings. The van der Waals surface area contributed by atoms with E-state index in [-0.39, 0.29) is 24.2 Å². The molecular formula is C16H17BrN2O4. The van der Waals surface area contributed by atoms with E-state index >= 15 is 0 Å². The van der Waals surface area contributed by atoms with Crippen LogP contribution in [0.15, 0.2) is 28.7 Å². The fraction of sp³-hybridized carbons (Fsp3) is 0.438. The Morgan fingerprint density at radius 1 is 1.13 bits per heavy atom. The minimum atomic E-state index is -0.782. The molecule has 0 saturated carbocycles. The number of carbonyl (C=O) groups is 3. The van der Waals surface area contributed by atoms with E-state index in [2.05, 4.69) is 15.9 Å². The Kier molecular flexibility index (Phi) is 4.50. The lowest BCUT2D eigenvalue weighted by molar-refractivity contribution is -0.143. The summed E-state index contributed by atoms with van der Waals surface area (Å²) in [5.41, 5.74) is 0.575. The zero-order valence-electron chi connectivity index (χ0n) is 12.4. The molecular weight excluding hydrogens is 364 g/mol. The van der Waals surface area contributed by atoms with E-state index in [1.807, 2.05) is 4.90 Å². The van der Waals surface area contributed by atoms with Crippen molar-refractivity contribution in [2.45, 2.75) is 25.3 Å². The van der Waals surface area contributed by atoms with Crippen LogP contribution in [-0.4, -0.2) is 46.9 Å².